The molecule has 0 radical (unpaired) electrons. The van der Waals surface area contributed by atoms with Crippen molar-refractivity contribution in [2.24, 2.45) is 0 Å². The summed E-state index contributed by atoms with van der Waals surface area (Å²) in [6.07, 6.45) is 0.710. The van der Waals surface area contributed by atoms with Gasteiger partial charge in [-0.15, -0.1) is 0 Å². The molecular weight excluding hydrogens is 236 g/mol. The summed E-state index contributed by atoms with van der Waals surface area (Å²) in [5.41, 5.74) is -0.00917. The summed E-state index contributed by atoms with van der Waals surface area (Å²) < 4.78 is 5.05. The van der Waals surface area contributed by atoms with E-state index < -0.39 is 17.7 Å². The van der Waals surface area contributed by atoms with Crippen molar-refractivity contribution >= 4 is 17.9 Å². The number of hydrogen-bond donors (Lipinski definition) is 2. The smallest absolute Gasteiger partial charge is 0.413 e. The quantitative estimate of drug-likeness (QED) is 0.859. The van der Waals surface area contributed by atoms with Crippen LogP contribution in [-0.4, -0.2) is 27.8 Å². The standard InChI is InChI=1S/C12H16N2O4/c1-12(2,3)18-11(17)14-9-5-4-8(7-13-9)6-10(15)16/h4-5,7H,6H2,1-3H3,(H,15,16)(H,13,14,17). The van der Waals surface area contributed by atoms with E-state index in [-0.39, 0.29) is 6.42 Å². The molecule has 98 valence electrons. The molecule has 0 saturated heterocycles. The summed E-state index contributed by atoms with van der Waals surface area (Å²) in [6, 6.07) is 3.12. The molecule has 0 aliphatic carbocycles. The summed E-state index contributed by atoms with van der Waals surface area (Å²) in [7, 11) is 0. The molecule has 2 N–H and O–H groups in total. The monoisotopic (exact) mass is 252 g/mol. The summed E-state index contributed by atoms with van der Waals surface area (Å²) in [5.74, 6) is -0.608. The van der Waals surface area contributed by atoms with E-state index in [2.05, 4.69) is 10.3 Å². The van der Waals surface area contributed by atoms with E-state index in [0.29, 0.717) is 11.4 Å². The topological polar surface area (TPSA) is 88.5 Å². The van der Waals surface area contributed by atoms with Gasteiger partial charge in [0.15, 0.2) is 0 Å². The highest BCUT2D eigenvalue weighted by atomic mass is 16.6. The van der Waals surface area contributed by atoms with Crippen molar-refractivity contribution in [3.63, 3.8) is 0 Å². The van der Waals surface area contributed by atoms with Crippen molar-refractivity contribution in [2.45, 2.75) is 32.8 Å². The summed E-state index contributed by atoms with van der Waals surface area (Å²) in [5, 5.41) is 11.1. The average Bonchev–Trinajstić information content (AvgIpc) is 2.17. The molecule has 0 saturated carbocycles. The van der Waals surface area contributed by atoms with E-state index in [0.717, 1.165) is 0 Å². The molecule has 6 nitrogen and oxygen atoms in total. The maximum Gasteiger partial charge on any atom is 0.413 e. The third-order valence-corrected chi connectivity index (χ3v) is 1.81. The van der Waals surface area contributed by atoms with E-state index in [9.17, 15) is 9.59 Å². The van der Waals surface area contributed by atoms with E-state index >= 15 is 0 Å². The molecule has 0 fully saturated rings. The Morgan fingerprint density at radius 1 is 1.39 bits per heavy atom. The number of pyridine rings is 1. The Kier molecular flexibility index (Phi) is 4.25. The third-order valence-electron chi connectivity index (χ3n) is 1.81. The van der Waals surface area contributed by atoms with Gasteiger partial charge in [0.1, 0.15) is 11.4 Å². The van der Waals surface area contributed by atoms with Gasteiger partial charge in [-0.2, -0.15) is 0 Å². The van der Waals surface area contributed by atoms with Crippen LogP contribution in [0.25, 0.3) is 0 Å². The number of hydrogen-bond acceptors (Lipinski definition) is 4. The first-order valence-electron chi connectivity index (χ1n) is 5.43. The van der Waals surface area contributed by atoms with Gasteiger partial charge in [0.25, 0.3) is 0 Å². The number of anilines is 1. The lowest BCUT2D eigenvalue weighted by atomic mass is 10.2. The number of nitrogens with one attached hydrogen (secondary N) is 1. The highest BCUT2D eigenvalue weighted by molar-refractivity contribution is 5.83. The minimum absolute atomic E-state index is 0.0975. The maximum atomic E-state index is 11.4. The fraction of sp³-hybridized carbons (Fsp3) is 0.417. The molecule has 0 spiro atoms. The molecule has 0 aliphatic rings. The van der Waals surface area contributed by atoms with E-state index in [4.69, 9.17) is 9.84 Å². The molecule has 1 amide bonds. The Hall–Kier alpha value is -2.11. The Labute approximate surface area is 105 Å². The lowest BCUT2D eigenvalue weighted by Gasteiger charge is -2.19. The van der Waals surface area contributed by atoms with Gasteiger partial charge in [0, 0.05) is 6.20 Å². The number of carbonyl (C=O) groups is 2. The molecular formula is C12H16N2O4. The second-order valence-electron chi connectivity index (χ2n) is 4.75. The van der Waals surface area contributed by atoms with Crippen molar-refractivity contribution in [2.75, 3.05) is 5.32 Å². The number of carboxylic acid groups (broad SMARTS) is 1. The second-order valence-corrected chi connectivity index (χ2v) is 4.75. The van der Waals surface area contributed by atoms with Gasteiger partial charge in [-0.25, -0.2) is 9.78 Å². The Balaban J connectivity index is 2.58. The first kappa shape index (κ1) is 14.0. The molecule has 1 heterocycles. The van der Waals surface area contributed by atoms with Crippen molar-refractivity contribution in [3.8, 4) is 0 Å². The molecule has 6 heteroatoms. The third kappa shape index (κ3) is 5.29. The molecule has 1 rings (SSSR count). The molecule has 0 atom stereocenters. The first-order chi connectivity index (χ1) is 8.26. The SMILES string of the molecule is CC(C)(C)OC(=O)Nc1ccc(CC(=O)O)cn1. The number of ether oxygens (including phenoxy) is 1. The zero-order chi connectivity index (χ0) is 13.8. The largest absolute Gasteiger partial charge is 0.481 e. The van der Waals surface area contributed by atoms with Crippen LogP contribution in [0.2, 0.25) is 0 Å². The van der Waals surface area contributed by atoms with Crippen LogP contribution in [0.1, 0.15) is 26.3 Å². The van der Waals surface area contributed by atoms with Crippen LogP contribution in [-0.2, 0) is 16.0 Å². The molecule has 0 aromatic carbocycles. The van der Waals surface area contributed by atoms with Gasteiger partial charge in [-0.05, 0) is 32.4 Å². The summed E-state index contributed by atoms with van der Waals surface area (Å²) in [6.45, 7) is 5.28. The predicted octanol–water partition coefficient (Wildman–Crippen LogP) is 2.06. The van der Waals surface area contributed by atoms with E-state index in [1.807, 2.05) is 0 Å². The van der Waals surface area contributed by atoms with Gasteiger partial charge in [0.2, 0.25) is 0 Å². The number of carbonyl (C=O) groups excluding carboxylic acids is 1. The van der Waals surface area contributed by atoms with Crippen LogP contribution >= 0.6 is 0 Å². The van der Waals surface area contributed by atoms with Crippen LogP contribution in [0.3, 0.4) is 0 Å². The molecule has 0 unspecified atom stereocenters. The van der Waals surface area contributed by atoms with E-state index in [1.54, 1.807) is 26.8 Å². The van der Waals surface area contributed by atoms with Crippen LogP contribution in [0, 0.1) is 0 Å². The molecule has 1 aromatic rings. The van der Waals surface area contributed by atoms with Gasteiger partial charge in [-0.1, -0.05) is 6.07 Å². The Morgan fingerprint density at radius 3 is 2.50 bits per heavy atom. The average molecular weight is 252 g/mol. The summed E-state index contributed by atoms with van der Waals surface area (Å²) in [4.78, 5) is 25.8. The zero-order valence-electron chi connectivity index (χ0n) is 10.6. The van der Waals surface area contributed by atoms with Crippen LogP contribution in [0.5, 0.6) is 0 Å². The van der Waals surface area contributed by atoms with Crippen LogP contribution in [0.4, 0.5) is 10.6 Å². The minimum Gasteiger partial charge on any atom is -0.481 e. The zero-order valence-corrected chi connectivity index (χ0v) is 10.6. The predicted molar refractivity (Wildman–Crippen MR) is 65.4 cm³/mol. The highest BCUT2D eigenvalue weighted by Gasteiger charge is 2.16. The second kappa shape index (κ2) is 5.48. The van der Waals surface area contributed by atoms with Gasteiger partial charge in [0.05, 0.1) is 6.42 Å². The summed E-state index contributed by atoms with van der Waals surface area (Å²) >= 11 is 0. The maximum absolute atomic E-state index is 11.4. The number of rotatable bonds is 3. The number of aromatic nitrogens is 1. The van der Waals surface area contributed by atoms with Crippen LogP contribution < -0.4 is 5.32 Å². The normalized spacial score (nSPS) is 10.8. The Morgan fingerprint density at radius 2 is 2.06 bits per heavy atom. The highest BCUT2D eigenvalue weighted by Crippen LogP contribution is 2.10. The first-order valence-corrected chi connectivity index (χ1v) is 5.43. The van der Waals surface area contributed by atoms with Crippen molar-refractivity contribution in [1.29, 1.82) is 0 Å². The van der Waals surface area contributed by atoms with Gasteiger partial charge < -0.3 is 9.84 Å². The van der Waals surface area contributed by atoms with E-state index in [1.165, 1.54) is 12.3 Å². The molecule has 0 bridgehead atoms. The molecule has 0 aliphatic heterocycles. The number of amides is 1. The minimum atomic E-state index is -0.926. The van der Waals surface area contributed by atoms with Gasteiger partial charge >= 0.3 is 12.1 Å². The lowest BCUT2D eigenvalue weighted by Crippen LogP contribution is -2.27. The van der Waals surface area contributed by atoms with Crippen molar-refractivity contribution in [3.05, 3.63) is 23.9 Å². The van der Waals surface area contributed by atoms with Crippen molar-refractivity contribution in [1.82, 2.24) is 4.98 Å². The lowest BCUT2D eigenvalue weighted by molar-refractivity contribution is -0.136. The van der Waals surface area contributed by atoms with Gasteiger partial charge in [-0.3, -0.25) is 10.1 Å². The van der Waals surface area contributed by atoms with Crippen molar-refractivity contribution < 1.29 is 19.4 Å². The Bertz CT molecular complexity index is 434. The van der Waals surface area contributed by atoms with Crippen LogP contribution in [0.15, 0.2) is 18.3 Å². The number of aliphatic carboxylic acids is 1. The fourth-order valence-electron chi connectivity index (χ4n) is 1.19. The fourth-order valence-corrected chi connectivity index (χ4v) is 1.19. The number of carboxylic acids is 1. The number of nitrogens with zero attached hydrogens (tertiary/aromatic N) is 1. The molecule has 18 heavy (non-hydrogen) atoms. The molecule has 1 aromatic heterocycles.